The van der Waals surface area contributed by atoms with Crippen molar-refractivity contribution in [2.75, 3.05) is 12.4 Å². The van der Waals surface area contributed by atoms with Gasteiger partial charge in [0.15, 0.2) is 0 Å². The summed E-state index contributed by atoms with van der Waals surface area (Å²) in [6.07, 6.45) is 6.86. The molecule has 106 valence electrons. The highest BCUT2D eigenvalue weighted by atomic mass is 35.5. The number of alkyl halides is 1. The van der Waals surface area contributed by atoms with Crippen molar-refractivity contribution in [3.8, 4) is 0 Å². The molecule has 0 spiro atoms. The second-order valence-corrected chi connectivity index (χ2v) is 6.74. The predicted molar refractivity (Wildman–Crippen MR) is 82.4 cm³/mol. The van der Waals surface area contributed by atoms with E-state index in [1.165, 1.54) is 23.3 Å². The van der Waals surface area contributed by atoms with Crippen LogP contribution in [0.25, 0.3) is 0 Å². The largest absolute Gasteiger partial charge is 0.351 e. The number of halogens is 1. The van der Waals surface area contributed by atoms with Gasteiger partial charge in [-0.1, -0.05) is 13.3 Å². The third-order valence-electron chi connectivity index (χ3n) is 3.87. The Hall–Kier alpha value is -0.540. The molecular weight excluding hydrogens is 278 g/mol. The van der Waals surface area contributed by atoms with Crippen molar-refractivity contribution in [2.45, 2.75) is 45.4 Å². The Balaban J connectivity index is 1.90. The topological polar surface area (TPSA) is 29.1 Å². The molecule has 1 atom stereocenters. The zero-order chi connectivity index (χ0) is 13.7. The molecule has 4 heteroatoms. The molecule has 2 nitrogen and oxygen atoms in total. The molecule has 2 rings (SSSR count). The van der Waals surface area contributed by atoms with E-state index in [4.69, 9.17) is 11.6 Å². The van der Waals surface area contributed by atoms with Crippen LogP contribution in [0.15, 0.2) is 6.07 Å². The highest BCUT2D eigenvalue weighted by Crippen LogP contribution is 2.29. The third kappa shape index (κ3) is 3.96. The van der Waals surface area contributed by atoms with Gasteiger partial charge < -0.3 is 5.32 Å². The molecule has 1 unspecified atom stereocenters. The molecule has 0 saturated heterocycles. The molecule has 1 aromatic heterocycles. The third-order valence-corrected chi connectivity index (χ3v) is 5.32. The Kier molecular flexibility index (Phi) is 5.71. The fraction of sp³-hybridized carbons (Fsp3) is 0.667. The average molecular weight is 300 g/mol. The highest BCUT2D eigenvalue weighted by Gasteiger charge is 2.17. The van der Waals surface area contributed by atoms with E-state index in [1.54, 1.807) is 11.3 Å². The summed E-state index contributed by atoms with van der Waals surface area (Å²) in [5, 5.41) is 3.06. The molecule has 0 aliphatic heterocycles. The van der Waals surface area contributed by atoms with Crippen molar-refractivity contribution in [1.82, 2.24) is 5.32 Å². The van der Waals surface area contributed by atoms with Gasteiger partial charge >= 0.3 is 0 Å². The minimum absolute atomic E-state index is 0.0902. The maximum Gasteiger partial charge on any atom is 0.261 e. The van der Waals surface area contributed by atoms with Crippen LogP contribution in [0.5, 0.6) is 0 Å². The lowest BCUT2D eigenvalue weighted by Gasteiger charge is -2.13. The predicted octanol–water partition coefficient (Wildman–Crippen LogP) is 4.01. The normalized spacial score (nSPS) is 15.9. The van der Waals surface area contributed by atoms with Crippen LogP contribution in [0.2, 0.25) is 0 Å². The SMILES string of the molecule is CCC(CCCl)CNC(=O)c1cc2c(s1)CCCC2. The van der Waals surface area contributed by atoms with E-state index in [9.17, 15) is 4.79 Å². The van der Waals surface area contributed by atoms with Crippen LogP contribution >= 0.6 is 22.9 Å². The van der Waals surface area contributed by atoms with Crippen molar-refractivity contribution in [3.63, 3.8) is 0 Å². The van der Waals surface area contributed by atoms with E-state index < -0.39 is 0 Å². The van der Waals surface area contributed by atoms with Crippen LogP contribution in [0.4, 0.5) is 0 Å². The molecule has 1 N–H and O–H groups in total. The van der Waals surface area contributed by atoms with Gasteiger partial charge in [0, 0.05) is 17.3 Å². The standard InChI is InChI=1S/C15H22ClNOS/c1-2-11(7-8-16)10-17-15(18)14-9-12-5-3-4-6-13(12)19-14/h9,11H,2-8,10H2,1H3,(H,17,18). The summed E-state index contributed by atoms with van der Waals surface area (Å²) >= 11 is 7.44. The first kappa shape index (κ1) is 14.9. The number of thiophene rings is 1. The summed E-state index contributed by atoms with van der Waals surface area (Å²) < 4.78 is 0. The molecule has 0 saturated carbocycles. The minimum atomic E-state index is 0.0902. The Bertz CT molecular complexity index is 406. The number of carbonyl (C=O) groups is 1. The Morgan fingerprint density at radius 3 is 2.95 bits per heavy atom. The Morgan fingerprint density at radius 1 is 1.47 bits per heavy atom. The molecule has 1 aliphatic carbocycles. The van der Waals surface area contributed by atoms with E-state index >= 15 is 0 Å². The molecule has 19 heavy (non-hydrogen) atoms. The van der Waals surface area contributed by atoms with Crippen molar-refractivity contribution in [3.05, 3.63) is 21.4 Å². The zero-order valence-corrected chi connectivity index (χ0v) is 13.1. The van der Waals surface area contributed by atoms with Gasteiger partial charge in [-0.25, -0.2) is 0 Å². The van der Waals surface area contributed by atoms with Crippen molar-refractivity contribution >= 4 is 28.8 Å². The van der Waals surface area contributed by atoms with Gasteiger partial charge in [-0.05, 0) is 49.7 Å². The van der Waals surface area contributed by atoms with Gasteiger partial charge in [-0.2, -0.15) is 0 Å². The maximum atomic E-state index is 12.2. The van der Waals surface area contributed by atoms with Crippen LogP contribution in [0.1, 0.15) is 52.7 Å². The van der Waals surface area contributed by atoms with Gasteiger partial charge in [-0.15, -0.1) is 22.9 Å². The fourth-order valence-electron chi connectivity index (χ4n) is 2.53. The van der Waals surface area contributed by atoms with Crippen LogP contribution in [-0.2, 0) is 12.8 Å². The van der Waals surface area contributed by atoms with E-state index in [0.29, 0.717) is 11.8 Å². The number of rotatable bonds is 6. The quantitative estimate of drug-likeness (QED) is 0.790. The monoisotopic (exact) mass is 299 g/mol. The minimum Gasteiger partial charge on any atom is -0.351 e. The van der Waals surface area contributed by atoms with Crippen LogP contribution < -0.4 is 5.32 Å². The molecular formula is C15H22ClNOS. The molecule has 1 aromatic rings. The van der Waals surface area contributed by atoms with Crippen molar-refractivity contribution in [1.29, 1.82) is 0 Å². The second-order valence-electron chi connectivity index (χ2n) is 5.23. The number of hydrogen-bond acceptors (Lipinski definition) is 2. The maximum absolute atomic E-state index is 12.2. The number of carbonyl (C=O) groups excluding carboxylic acids is 1. The smallest absolute Gasteiger partial charge is 0.261 e. The van der Waals surface area contributed by atoms with Crippen LogP contribution in [0, 0.1) is 5.92 Å². The fourth-order valence-corrected chi connectivity index (χ4v) is 4.01. The van der Waals surface area contributed by atoms with E-state index in [1.807, 2.05) is 0 Å². The molecule has 0 fully saturated rings. The Morgan fingerprint density at radius 2 is 2.26 bits per heavy atom. The van der Waals surface area contributed by atoms with Gasteiger partial charge in [-0.3, -0.25) is 4.79 Å². The Labute approximate surface area is 124 Å². The van der Waals surface area contributed by atoms with Gasteiger partial charge in [0.1, 0.15) is 0 Å². The van der Waals surface area contributed by atoms with Crippen molar-refractivity contribution in [2.24, 2.45) is 5.92 Å². The number of amides is 1. The summed E-state index contributed by atoms with van der Waals surface area (Å²) in [6.45, 7) is 2.89. The molecule has 1 amide bonds. The number of aryl methyl sites for hydroxylation is 2. The number of hydrogen-bond donors (Lipinski definition) is 1. The highest BCUT2D eigenvalue weighted by molar-refractivity contribution is 7.14. The van der Waals surface area contributed by atoms with Crippen LogP contribution in [0.3, 0.4) is 0 Å². The lowest BCUT2D eigenvalue weighted by Crippen LogP contribution is -2.28. The molecule has 1 aliphatic rings. The average Bonchev–Trinajstić information content (AvgIpc) is 2.87. The van der Waals surface area contributed by atoms with Crippen molar-refractivity contribution < 1.29 is 4.79 Å². The number of nitrogens with one attached hydrogen (secondary N) is 1. The summed E-state index contributed by atoms with van der Waals surface area (Å²) in [6, 6.07) is 2.09. The summed E-state index contributed by atoms with van der Waals surface area (Å²) in [4.78, 5) is 14.5. The summed E-state index contributed by atoms with van der Waals surface area (Å²) in [5.41, 5.74) is 1.40. The van der Waals surface area contributed by atoms with Gasteiger partial charge in [0.25, 0.3) is 5.91 Å². The van der Waals surface area contributed by atoms with E-state index in [0.717, 1.165) is 37.1 Å². The van der Waals surface area contributed by atoms with Crippen LogP contribution in [-0.4, -0.2) is 18.3 Å². The van der Waals surface area contributed by atoms with Gasteiger partial charge in [0.05, 0.1) is 4.88 Å². The molecule has 0 bridgehead atoms. The lowest BCUT2D eigenvalue weighted by molar-refractivity contribution is 0.0950. The molecule has 0 aromatic carbocycles. The summed E-state index contributed by atoms with van der Waals surface area (Å²) in [5.74, 6) is 1.25. The first-order valence-electron chi connectivity index (χ1n) is 7.20. The molecule has 1 heterocycles. The first-order valence-corrected chi connectivity index (χ1v) is 8.55. The van der Waals surface area contributed by atoms with Gasteiger partial charge in [0.2, 0.25) is 0 Å². The van der Waals surface area contributed by atoms with E-state index in [-0.39, 0.29) is 5.91 Å². The zero-order valence-electron chi connectivity index (χ0n) is 11.5. The second kappa shape index (κ2) is 7.30. The molecule has 0 radical (unpaired) electrons. The number of fused-ring (bicyclic) bond motifs is 1. The lowest BCUT2D eigenvalue weighted by atomic mass is 9.99. The first-order chi connectivity index (χ1) is 9.24. The van der Waals surface area contributed by atoms with E-state index in [2.05, 4.69) is 18.3 Å². The summed E-state index contributed by atoms with van der Waals surface area (Å²) in [7, 11) is 0.